The van der Waals surface area contributed by atoms with Crippen molar-refractivity contribution in [2.45, 2.75) is 25.2 Å². The van der Waals surface area contributed by atoms with Gasteiger partial charge in [0.2, 0.25) is 5.82 Å². The quantitative estimate of drug-likeness (QED) is 0.767. The van der Waals surface area contributed by atoms with Gasteiger partial charge in [0.1, 0.15) is 5.82 Å². The fraction of sp³-hybridized carbons (Fsp3) is 0.263. The van der Waals surface area contributed by atoms with E-state index in [0.717, 1.165) is 29.8 Å². The van der Waals surface area contributed by atoms with Gasteiger partial charge in [0.25, 0.3) is 5.91 Å². The van der Waals surface area contributed by atoms with Gasteiger partial charge in [0, 0.05) is 18.2 Å². The molecule has 132 valence electrons. The van der Waals surface area contributed by atoms with Gasteiger partial charge in [-0.2, -0.15) is 0 Å². The van der Waals surface area contributed by atoms with Crippen LogP contribution in [0.3, 0.4) is 0 Å². The summed E-state index contributed by atoms with van der Waals surface area (Å²) in [5, 5.41) is 2.90. The summed E-state index contributed by atoms with van der Waals surface area (Å²) in [6.07, 6.45) is 8.66. The van der Waals surface area contributed by atoms with E-state index in [1.54, 1.807) is 35.4 Å². The molecule has 2 heterocycles. The van der Waals surface area contributed by atoms with Gasteiger partial charge in [0.05, 0.1) is 30.1 Å². The van der Waals surface area contributed by atoms with Crippen LogP contribution in [0.1, 0.15) is 34.7 Å². The Morgan fingerprint density at radius 1 is 1.19 bits per heavy atom. The molecule has 1 aromatic carbocycles. The molecule has 0 radical (unpaired) electrons. The van der Waals surface area contributed by atoms with Gasteiger partial charge in [-0.15, -0.1) is 0 Å². The highest BCUT2D eigenvalue weighted by molar-refractivity contribution is 5.90. The summed E-state index contributed by atoms with van der Waals surface area (Å²) in [4.78, 5) is 24.8. The average molecular weight is 351 g/mol. The van der Waals surface area contributed by atoms with Crippen molar-refractivity contribution in [3.05, 3.63) is 72.1 Å². The summed E-state index contributed by atoms with van der Waals surface area (Å²) in [6, 6.07) is 6.48. The van der Waals surface area contributed by atoms with E-state index in [1.165, 1.54) is 12.1 Å². The van der Waals surface area contributed by atoms with E-state index in [2.05, 4.69) is 20.3 Å². The van der Waals surface area contributed by atoms with E-state index < -0.39 is 0 Å². The monoisotopic (exact) mass is 351 g/mol. The van der Waals surface area contributed by atoms with Gasteiger partial charge in [0.15, 0.2) is 0 Å². The first-order valence-electron chi connectivity index (χ1n) is 8.43. The summed E-state index contributed by atoms with van der Waals surface area (Å²) in [6.45, 7) is 2.39. The minimum Gasteiger partial charge on any atom is -0.348 e. The van der Waals surface area contributed by atoms with Gasteiger partial charge < -0.3 is 9.88 Å². The third kappa shape index (κ3) is 3.20. The highest BCUT2D eigenvalue weighted by Crippen LogP contribution is 2.47. The molecule has 0 bridgehead atoms. The lowest BCUT2D eigenvalue weighted by atomic mass is 9.96. The summed E-state index contributed by atoms with van der Waals surface area (Å²) < 4.78 is 14.9. The largest absolute Gasteiger partial charge is 0.348 e. The van der Waals surface area contributed by atoms with Crippen LogP contribution in [0.2, 0.25) is 0 Å². The van der Waals surface area contributed by atoms with E-state index in [1.807, 2.05) is 13.1 Å². The van der Waals surface area contributed by atoms with Crippen LogP contribution in [-0.2, 0) is 5.41 Å². The Hall–Kier alpha value is -3.09. The molecule has 3 aromatic rings. The zero-order chi connectivity index (χ0) is 18.1. The molecule has 0 aliphatic heterocycles. The maximum absolute atomic E-state index is 13.1. The second-order valence-electron chi connectivity index (χ2n) is 6.66. The average Bonchev–Trinajstić information content (AvgIpc) is 3.33. The molecule has 0 unspecified atom stereocenters. The van der Waals surface area contributed by atoms with E-state index in [9.17, 15) is 9.18 Å². The Bertz CT molecular complexity index is 929. The number of rotatable bonds is 5. The predicted molar refractivity (Wildman–Crippen MR) is 93.5 cm³/mol. The lowest BCUT2D eigenvalue weighted by Gasteiger charge is -2.16. The van der Waals surface area contributed by atoms with Crippen molar-refractivity contribution < 1.29 is 9.18 Å². The van der Waals surface area contributed by atoms with Crippen LogP contribution in [0, 0.1) is 12.7 Å². The van der Waals surface area contributed by atoms with Crippen molar-refractivity contribution in [1.82, 2.24) is 24.8 Å². The number of hydrogen-bond donors (Lipinski definition) is 1. The number of nitrogens with zero attached hydrogens (tertiary/aromatic N) is 4. The summed E-state index contributed by atoms with van der Waals surface area (Å²) >= 11 is 0. The number of hydrogen-bond acceptors (Lipinski definition) is 4. The van der Waals surface area contributed by atoms with Crippen LogP contribution >= 0.6 is 0 Å². The molecule has 0 atom stereocenters. The van der Waals surface area contributed by atoms with Gasteiger partial charge in [-0.05, 0) is 37.5 Å². The Labute approximate surface area is 150 Å². The number of nitrogens with one attached hydrogen (secondary N) is 1. The van der Waals surface area contributed by atoms with Crippen molar-refractivity contribution in [1.29, 1.82) is 0 Å². The topological polar surface area (TPSA) is 72.7 Å². The van der Waals surface area contributed by atoms with Gasteiger partial charge in [-0.1, -0.05) is 12.1 Å². The number of carbonyl (C=O) groups is 1. The minimum absolute atomic E-state index is 0.0996. The number of aromatic nitrogens is 4. The molecule has 1 fully saturated rings. The highest BCUT2D eigenvalue weighted by Gasteiger charge is 2.44. The van der Waals surface area contributed by atoms with Crippen LogP contribution < -0.4 is 5.32 Å². The molecule has 1 amide bonds. The first-order chi connectivity index (χ1) is 12.6. The smallest absolute Gasteiger partial charge is 0.289 e. The minimum atomic E-state index is -0.313. The normalized spacial score (nSPS) is 14.8. The molecule has 0 spiro atoms. The number of aryl methyl sites for hydroxylation is 1. The maximum Gasteiger partial charge on any atom is 0.289 e. The molecule has 1 aliphatic rings. The third-order valence-corrected chi connectivity index (χ3v) is 4.75. The van der Waals surface area contributed by atoms with E-state index in [0.29, 0.717) is 6.54 Å². The van der Waals surface area contributed by atoms with E-state index in [4.69, 9.17) is 0 Å². The number of amides is 1. The Morgan fingerprint density at radius 3 is 2.46 bits per heavy atom. The molecule has 4 rings (SSSR count). The SMILES string of the molecule is Cc1cn(-c2cnc(C(=O)NCC3(c4ccc(F)cc4)CC3)nc2)cn1. The van der Waals surface area contributed by atoms with Crippen LogP contribution in [0.25, 0.3) is 5.69 Å². The molecule has 1 saturated carbocycles. The standard InChI is InChI=1S/C19H18FN5O/c1-13-10-25(12-24-13)16-8-21-17(22-9-16)18(26)23-11-19(6-7-19)14-2-4-15(20)5-3-14/h2-5,8-10,12H,6-7,11H2,1H3,(H,23,26). The third-order valence-electron chi connectivity index (χ3n) is 4.75. The van der Waals surface area contributed by atoms with Gasteiger partial charge in [-0.25, -0.2) is 19.3 Å². The zero-order valence-corrected chi connectivity index (χ0v) is 14.3. The highest BCUT2D eigenvalue weighted by atomic mass is 19.1. The van der Waals surface area contributed by atoms with Crippen LogP contribution in [-0.4, -0.2) is 32.0 Å². The van der Waals surface area contributed by atoms with Crippen LogP contribution in [0.15, 0.2) is 49.2 Å². The molecule has 1 N–H and O–H groups in total. The molecule has 0 saturated heterocycles. The fourth-order valence-corrected chi connectivity index (χ4v) is 2.98. The first-order valence-corrected chi connectivity index (χ1v) is 8.43. The maximum atomic E-state index is 13.1. The van der Waals surface area contributed by atoms with Crippen molar-refractivity contribution in [3.8, 4) is 5.69 Å². The molecular formula is C19H18FN5O. The lowest BCUT2D eigenvalue weighted by Crippen LogP contribution is -2.33. The molecule has 1 aliphatic carbocycles. The molecule has 26 heavy (non-hydrogen) atoms. The lowest BCUT2D eigenvalue weighted by molar-refractivity contribution is 0.0939. The molecule has 6 nitrogen and oxygen atoms in total. The fourth-order valence-electron chi connectivity index (χ4n) is 2.98. The molecular weight excluding hydrogens is 333 g/mol. The Kier molecular flexibility index (Phi) is 3.99. The zero-order valence-electron chi connectivity index (χ0n) is 14.3. The van der Waals surface area contributed by atoms with Crippen molar-refractivity contribution in [3.63, 3.8) is 0 Å². The van der Waals surface area contributed by atoms with Gasteiger partial charge >= 0.3 is 0 Å². The van der Waals surface area contributed by atoms with Crippen molar-refractivity contribution in [2.75, 3.05) is 6.54 Å². The second kappa shape index (κ2) is 6.33. The van der Waals surface area contributed by atoms with Crippen molar-refractivity contribution >= 4 is 5.91 Å². The van der Waals surface area contributed by atoms with Crippen LogP contribution in [0.5, 0.6) is 0 Å². The summed E-state index contributed by atoms with van der Waals surface area (Å²) in [5.41, 5.74) is 2.58. The number of carbonyl (C=O) groups excluding carboxylic acids is 1. The molecule has 2 aromatic heterocycles. The molecule has 7 heteroatoms. The Balaban J connectivity index is 1.41. The summed E-state index contributed by atoms with van der Waals surface area (Å²) in [5.74, 6) is -0.442. The van der Waals surface area contributed by atoms with Crippen molar-refractivity contribution in [2.24, 2.45) is 0 Å². The van der Waals surface area contributed by atoms with E-state index in [-0.39, 0.29) is 23.0 Å². The summed E-state index contributed by atoms with van der Waals surface area (Å²) in [7, 11) is 0. The number of halogens is 1. The van der Waals surface area contributed by atoms with Gasteiger partial charge in [-0.3, -0.25) is 4.79 Å². The predicted octanol–water partition coefficient (Wildman–Crippen LogP) is 2.57. The first kappa shape index (κ1) is 16.4. The second-order valence-corrected chi connectivity index (χ2v) is 6.66. The van der Waals surface area contributed by atoms with E-state index >= 15 is 0 Å². The number of imidazole rings is 1. The number of benzene rings is 1. The Morgan fingerprint density at radius 2 is 1.88 bits per heavy atom. The van der Waals surface area contributed by atoms with Crippen LogP contribution in [0.4, 0.5) is 4.39 Å².